The molecule has 0 atom stereocenters. The van der Waals surface area contributed by atoms with Crippen LogP contribution in [0, 0.1) is 23.7 Å². The van der Waals surface area contributed by atoms with Gasteiger partial charge >= 0.3 is 0 Å². The molecule has 0 saturated heterocycles. The van der Waals surface area contributed by atoms with Gasteiger partial charge in [0, 0.05) is 11.1 Å². The van der Waals surface area contributed by atoms with Crippen LogP contribution in [0.5, 0.6) is 0 Å². The van der Waals surface area contributed by atoms with Gasteiger partial charge in [0.2, 0.25) is 0 Å². The Morgan fingerprint density at radius 3 is 1.10 bits per heavy atom. The average molecular weight is 535 g/mol. The summed E-state index contributed by atoms with van der Waals surface area (Å²) < 4.78 is 0. The molecule has 40 heavy (non-hydrogen) atoms. The zero-order valence-electron chi connectivity index (χ0n) is 25.7. The fraction of sp³-hybridized carbons (Fsp3) is 0.500. The molecule has 0 aromatic heterocycles. The van der Waals surface area contributed by atoms with E-state index in [1.165, 1.54) is 127 Å². The molecule has 2 aromatic rings. The van der Waals surface area contributed by atoms with Crippen LogP contribution in [0.4, 0.5) is 0 Å². The molecule has 0 saturated carbocycles. The van der Waals surface area contributed by atoms with Crippen LogP contribution in [0.3, 0.4) is 0 Å². The lowest BCUT2D eigenvalue weighted by molar-refractivity contribution is 0.578. The first kappa shape index (κ1) is 33.2. The van der Waals surface area contributed by atoms with Crippen molar-refractivity contribution in [2.24, 2.45) is 0 Å². The van der Waals surface area contributed by atoms with Crippen molar-refractivity contribution in [2.75, 3.05) is 0 Å². The lowest BCUT2D eigenvalue weighted by atomic mass is 10.1. The van der Waals surface area contributed by atoms with Crippen LogP contribution in [0.2, 0.25) is 0 Å². The Kier molecular flexibility index (Phi) is 19.9. The minimum atomic E-state index is 1.01. The van der Waals surface area contributed by atoms with Crippen molar-refractivity contribution in [3.63, 3.8) is 0 Å². The van der Waals surface area contributed by atoms with Crippen LogP contribution in [-0.2, 0) is 0 Å². The second kappa shape index (κ2) is 23.9. The molecule has 0 radical (unpaired) electrons. The van der Waals surface area contributed by atoms with Crippen LogP contribution in [0.1, 0.15) is 152 Å². The van der Waals surface area contributed by atoms with E-state index in [1.54, 1.807) is 0 Å². The van der Waals surface area contributed by atoms with Gasteiger partial charge in [0.1, 0.15) is 0 Å². The molecule has 0 spiro atoms. The van der Waals surface area contributed by atoms with E-state index in [9.17, 15) is 0 Å². The van der Waals surface area contributed by atoms with E-state index < -0.39 is 0 Å². The SMILES string of the molecule is CCCCCCCCCC/C=C/c1ccc(C#CC#Cc2ccc(/C=C/CCCCCCCCCC)cc2)cc1. The number of allylic oxidation sites excluding steroid dienone is 2. The lowest BCUT2D eigenvalue weighted by Crippen LogP contribution is -1.80. The summed E-state index contributed by atoms with van der Waals surface area (Å²) in [6, 6.07) is 16.9. The number of hydrogen-bond acceptors (Lipinski definition) is 0. The van der Waals surface area contributed by atoms with Crippen LogP contribution in [0.15, 0.2) is 60.7 Å². The highest BCUT2D eigenvalue weighted by Gasteiger charge is 1.93. The molecule has 0 nitrogen and oxygen atoms in total. The Labute approximate surface area is 247 Å². The van der Waals surface area contributed by atoms with E-state index in [0.717, 1.165) is 11.1 Å². The van der Waals surface area contributed by atoms with Crippen LogP contribution in [0.25, 0.3) is 12.2 Å². The van der Waals surface area contributed by atoms with Crippen molar-refractivity contribution < 1.29 is 0 Å². The fourth-order valence-electron chi connectivity index (χ4n) is 4.79. The molecule has 2 rings (SSSR count). The highest BCUT2D eigenvalue weighted by atomic mass is 14.0. The minimum Gasteiger partial charge on any atom is -0.0839 e. The van der Waals surface area contributed by atoms with Gasteiger partial charge in [-0.05, 0) is 72.9 Å². The molecule has 0 aliphatic carbocycles. The van der Waals surface area contributed by atoms with E-state index in [-0.39, 0.29) is 0 Å². The maximum Gasteiger partial charge on any atom is 0.0255 e. The minimum absolute atomic E-state index is 1.01. The summed E-state index contributed by atoms with van der Waals surface area (Å²) in [5.41, 5.74) is 4.49. The third-order valence-electron chi connectivity index (χ3n) is 7.37. The van der Waals surface area contributed by atoms with Gasteiger partial charge in [-0.25, -0.2) is 0 Å². The molecule has 2 aromatic carbocycles. The first-order valence-electron chi connectivity index (χ1n) is 16.4. The Morgan fingerprint density at radius 1 is 0.425 bits per heavy atom. The van der Waals surface area contributed by atoms with Crippen LogP contribution < -0.4 is 0 Å². The van der Waals surface area contributed by atoms with E-state index in [2.05, 4.69) is 110 Å². The number of hydrogen-bond donors (Lipinski definition) is 0. The molecule has 0 heteroatoms. The number of unbranched alkanes of at least 4 members (excludes halogenated alkanes) is 16. The maximum atomic E-state index is 3.16. The summed E-state index contributed by atoms with van der Waals surface area (Å²) in [7, 11) is 0. The second-order valence-electron chi connectivity index (χ2n) is 11.1. The van der Waals surface area contributed by atoms with Crippen molar-refractivity contribution in [3.8, 4) is 23.7 Å². The van der Waals surface area contributed by atoms with E-state index in [1.807, 2.05) is 0 Å². The van der Waals surface area contributed by atoms with Crippen molar-refractivity contribution in [3.05, 3.63) is 82.9 Å². The summed E-state index contributed by atoms with van der Waals surface area (Å²) in [4.78, 5) is 0. The standard InChI is InChI=1S/C40H54/c1-3-5-7-9-11-13-15-17-19-21-25-37-29-33-39(34-30-37)27-23-24-28-40-35-31-38(32-36-40)26-22-20-18-16-14-12-10-8-6-4-2/h21-22,25-26,29-36H,3-20H2,1-2H3/b25-21+,26-22+. The van der Waals surface area contributed by atoms with E-state index >= 15 is 0 Å². The zero-order valence-corrected chi connectivity index (χ0v) is 25.7. The molecule has 0 amide bonds. The molecule has 0 N–H and O–H groups in total. The van der Waals surface area contributed by atoms with Gasteiger partial charge in [-0.3, -0.25) is 0 Å². The van der Waals surface area contributed by atoms with Crippen molar-refractivity contribution in [1.29, 1.82) is 0 Å². The van der Waals surface area contributed by atoms with Gasteiger partial charge in [0.15, 0.2) is 0 Å². The Balaban J connectivity index is 1.62. The van der Waals surface area contributed by atoms with Crippen molar-refractivity contribution in [2.45, 2.75) is 129 Å². The van der Waals surface area contributed by atoms with Gasteiger partial charge in [-0.1, -0.05) is 164 Å². The molecule has 0 aliphatic heterocycles. The third kappa shape index (κ3) is 17.6. The largest absolute Gasteiger partial charge is 0.0839 e. The Bertz CT molecular complexity index is 968. The molecule has 0 aliphatic rings. The Morgan fingerprint density at radius 2 is 0.750 bits per heavy atom. The molecule has 0 bridgehead atoms. The van der Waals surface area contributed by atoms with Crippen molar-refractivity contribution >= 4 is 12.2 Å². The van der Waals surface area contributed by atoms with Crippen LogP contribution in [-0.4, -0.2) is 0 Å². The quantitative estimate of drug-likeness (QED) is 0.117. The molecule has 0 unspecified atom stereocenters. The predicted octanol–water partition coefficient (Wildman–Crippen LogP) is 12.2. The van der Waals surface area contributed by atoms with Gasteiger partial charge in [0.05, 0.1) is 0 Å². The summed E-state index contributed by atoms with van der Waals surface area (Å²) in [6.45, 7) is 4.56. The predicted molar refractivity (Wildman–Crippen MR) is 179 cm³/mol. The fourth-order valence-corrected chi connectivity index (χ4v) is 4.79. The smallest absolute Gasteiger partial charge is 0.0255 e. The summed E-state index contributed by atoms with van der Waals surface area (Å²) in [6.07, 6.45) is 33.4. The average Bonchev–Trinajstić information content (AvgIpc) is 2.98. The summed E-state index contributed by atoms with van der Waals surface area (Å²) >= 11 is 0. The van der Waals surface area contributed by atoms with Crippen LogP contribution >= 0.6 is 0 Å². The summed E-state index contributed by atoms with van der Waals surface area (Å²) in [5, 5.41) is 0. The summed E-state index contributed by atoms with van der Waals surface area (Å²) in [5.74, 6) is 12.3. The van der Waals surface area contributed by atoms with Gasteiger partial charge in [-0.2, -0.15) is 0 Å². The maximum absolute atomic E-state index is 3.16. The first-order chi connectivity index (χ1) is 19.8. The first-order valence-corrected chi connectivity index (χ1v) is 16.4. The topological polar surface area (TPSA) is 0 Å². The second-order valence-corrected chi connectivity index (χ2v) is 11.1. The number of benzene rings is 2. The molecule has 0 fully saturated rings. The van der Waals surface area contributed by atoms with Crippen molar-refractivity contribution in [1.82, 2.24) is 0 Å². The highest BCUT2D eigenvalue weighted by molar-refractivity contribution is 5.54. The molecule has 214 valence electrons. The highest BCUT2D eigenvalue weighted by Crippen LogP contribution is 2.13. The zero-order chi connectivity index (χ0) is 28.4. The monoisotopic (exact) mass is 534 g/mol. The molecule has 0 heterocycles. The normalized spacial score (nSPS) is 10.9. The van der Waals surface area contributed by atoms with E-state index in [4.69, 9.17) is 0 Å². The van der Waals surface area contributed by atoms with Gasteiger partial charge in [0.25, 0.3) is 0 Å². The lowest BCUT2D eigenvalue weighted by Gasteiger charge is -2.00. The third-order valence-corrected chi connectivity index (χ3v) is 7.37. The Hall–Kier alpha value is -2.96. The molecular formula is C40H54. The van der Waals surface area contributed by atoms with Gasteiger partial charge < -0.3 is 0 Å². The van der Waals surface area contributed by atoms with E-state index in [0.29, 0.717) is 0 Å². The number of rotatable bonds is 20. The molecular weight excluding hydrogens is 480 g/mol. The van der Waals surface area contributed by atoms with Gasteiger partial charge in [-0.15, -0.1) is 0 Å².